The first-order valence-corrected chi connectivity index (χ1v) is 7.43. The van der Waals surface area contributed by atoms with E-state index in [2.05, 4.69) is 15.5 Å². The molecule has 1 aromatic heterocycles. The molecule has 1 amide bonds. The van der Waals surface area contributed by atoms with Crippen LogP contribution in [0.4, 0.5) is 0 Å². The van der Waals surface area contributed by atoms with Crippen LogP contribution in [0.2, 0.25) is 0 Å². The van der Waals surface area contributed by atoms with E-state index in [4.69, 9.17) is 9.47 Å². The van der Waals surface area contributed by atoms with Gasteiger partial charge in [-0.3, -0.25) is 9.89 Å². The Morgan fingerprint density at radius 2 is 2.22 bits per heavy atom. The van der Waals surface area contributed by atoms with E-state index in [-0.39, 0.29) is 12.7 Å². The second-order valence-electron chi connectivity index (χ2n) is 5.23. The third kappa shape index (κ3) is 2.19. The van der Waals surface area contributed by atoms with Crippen LogP contribution in [0.3, 0.4) is 0 Å². The van der Waals surface area contributed by atoms with E-state index in [1.54, 1.807) is 12.1 Å². The molecule has 0 fully saturated rings. The molecule has 0 spiro atoms. The number of benzene rings is 2. The van der Waals surface area contributed by atoms with Crippen LogP contribution in [0.15, 0.2) is 36.4 Å². The molecule has 0 aliphatic carbocycles. The van der Waals surface area contributed by atoms with Crippen molar-refractivity contribution in [2.45, 2.75) is 6.92 Å². The van der Waals surface area contributed by atoms with Crippen molar-refractivity contribution in [1.29, 1.82) is 0 Å². The van der Waals surface area contributed by atoms with E-state index >= 15 is 0 Å². The van der Waals surface area contributed by atoms with Gasteiger partial charge in [-0.25, -0.2) is 0 Å². The molecule has 6 heteroatoms. The number of H-pyrrole nitrogens is 1. The first-order chi connectivity index (χ1) is 11.3. The molecule has 0 saturated carbocycles. The predicted molar refractivity (Wildman–Crippen MR) is 85.7 cm³/mol. The molecule has 116 valence electrons. The zero-order chi connectivity index (χ0) is 15.8. The lowest BCUT2D eigenvalue weighted by atomic mass is 10.0. The van der Waals surface area contributed by atoms with Crippen molar-refractivity contribution in [2.24, 2.45) is 0 Å². The molecule has 2 aromatic carbocycles. The maximum Gasteiger partial charge on any atom is 0.251 e. The molecule has 6 nitrogen and oxygen atoms in total. The van der Waals surface area contributed by atoms with Gasteiger partial charge in [0.05, 0.1) is 5.52 Å². The van der Waals surface area contributed by atoms with Crippen LogP contribution in [-0.2, 0) is 0 Å². The number of ether oxygens (including phenoxy) is 2. The first-order valence-electron chi connectivity index (χ1n) is 7.43. The maximum atomic E-state index is 11.9. The molecule has 2 heterocycles. The average molecular weight is 309 g/mol. The number of fused-ring (bicyclic) bond motifs is 2. The Labute approximate surface area is 132 Å². The maximum absolute atomic E-state index is 11.9. The van der Waals surface area contributed by atoms with E-state index in [0.29, 0.717) is 17.9 Å². The van der Waals surface area contributed by atoms with Crippen LogP contribution in [0.1, 0.15) is 17.3 Å². The fraction of sp³-hybridized carbons (Fsp3) is 0.176. The van der Waals surface area contributed by atoms with Crippen LogP contribution < -0.4 is 14.8 Å². The van der Waals surface area contributed by atoms with Gasteiger partial charge >= 0.3 is 0 Å². The molecule has 0 bridgehead atoms. The van der Waals surface area contributed by atoms with Gasteiger partial charge in [-0.2, -0.15) is 5.10 Å². The Hall–Kier alpha value is -3.02. The van der Waals surface area contributed by atoms with Crippen LogP contribution in [0.5, 0.6) is 11.5 Å². The summed E-state index contributed by atoms with van der Waals surface area (Å²) in [6.45, 7) is 2.71. The number of aromatic nitrogens is 2. The highest BCUT2D eigenvalue weighted by Gasteiger charge is 2.21. The minimum absolute atomic E-state index is 0.0945. The standard InChI is InChI=1S/C17H15N3O3/c1-2-18-17(21)10-6-7-11-13(8-10)19-20-15(11)12-4-3-5-14-16(12)23-9-22-14/h3-8H,2,9H2,1H3,(H,18,21)(H,19,20). The Morgan fingerprint density at radius 1 is 1.30 bits per heavy atom. The number of nitrogens with zero attached hydrogens (tertiary/aromatic N) is 1. The number of amides is 1. The topological polar surface area (TPSA) is 76.2 Å². The van der Waals surface area contributed by atoms with Gasteiger partial charge in [0.2, 0.25) is 6.79 Å². The summed E-state index contributed by atoms with van der Waals surface area (Å²) >= 11 is 0. The lowest BCUT2D eigenvalue weighted by molar-refractivity contribution is 0.0956. The average Bonchev–Trinajstić information content (AvgIpc) is 3.20. The number of hydrogen-bond donors (Lipinski definition) is 2. The summed E-state index contributed by atoms with van der Waals surface area (Å²) in [5.41, 5.74) is 3.06. The minimum atomic E-state index is -0.0945. The smallest absolute Gasteiger partial charge is 0.251 e. The van der Waals surface area contributed by atoms with Crippen LogP contribution in [0, 0.1) is 0 Å². The van der Waals surface area contributed by atoms with Gasteiger partial charge in [-0.05, 0) is 37.3 Å². The summed E-state index contributed by atoms with van der Waals surface area (Å²) in [7, 11) is 0. The highest BCUT2D eigenvalue weighted by Crippen LogP contribution is 2.42. The number of para-hydroxylation sites is 1. The van der Waals surface area contributed by atoms with Crippen molar-refractivity contribution in [3.05, 3.63) is 42.0 Å². The molecule has 3 aromatic rings. The zero-order valence-corrected chi connectivity index (χ0v) is 12.6. The highest BCUT2D eigenvalue weighted by atomic mass is 16.7. The molecular weight excluding hydrogens is 294 g/mol. The van der Waals surface area contributed by atoms with Crippen molar-refractivity contribution >= 4 is 16.8 Å². The van der Waals surface area contributed by atoms with Gasteiger partial charge in [0.1, 0.15) is 5.69 Å². The summed E-state index contributed by atoms with van der Waals surface area (Å²) < 4.78 is 11.0. The van der Waals surface area contributed by atoms with Gasteiger partial charge in [-0.1, -0.05) is 6.07 Å². The number of rotatable bonds is 3. The van der Waals surface area contributed by atoms with Gasteiger partial charge in [0.25, 0.3) is 5.91 Å². The summed E-state index contributed by atoms with van der Waals surface area (Å²) in [4.78, 5) is 11.9. The Kier molecular flexibility index (Phi) is 3.15. The molecule has 2 N–H and O–H groups in total. The summed E-state index contributed by atoms with van der Waals surface area (Å²) in [5, 5.41) is 11.1. The Morgan fingerprint density at radius 3 is 3.09 bits per heavy atom. The van der Waals surface area contributed by atoms with Crippen molar-refractivity contribution < 1.29 is 14.3 Å². The normalized spacial score (nSPS) is 12.6. The second kappa shape index (κ2) is 5.31. The van der Waals surface area contributed by atoms with Gasteiger partial charge in [-0.15, -0.1) is 0 Å². The predicted octanol–water partition coefficient (Wildman–Crippen LogP) is 2.71. The highest BCUT2D eigenvalue weighted by molar-refractivity contribution is 6.01. The number of nitrogens with one attached hydrogen (secondary N) is 2. The molecular formula is C17H15N3O3. The van der Waals surface area contributed by atoms with Crippen molar-refractivity contribution in [3.8, 4) is 22.8 Å². The molecule has 23 heavy (non-hydrogen) atoms. The molecule has 1 aliphatic heterocycles. The van der Waals surface area contributed by atoms with E-state index in [9.17, 15) is 4.79 Å². The molecule has 1 aliphatic rings. The molecule has 0 saturated heterocycles. The van der Waals surface area contributed by atoms with E-state index in [0.717, 1.165) is 27.9 Å². The summed E-state index contributed by atoms with van der Waals surface area (Å²) in [5.74, 6) is 1.33. The summed E-state index contributed by atoms with van der Waals surface area (Å²) in [6, 6.07) is 11.2. The van der Waals surface area contributed by atoms with Crippen molar-refractivity contribution in [3.63, 3.8) is 0 Å². The Balaban J connectivity index is 1.81. The van der Waals surface area contributed by atoms with E-state index in [1.807, 2.05) is 31.2 Å². The van der Waals surface area contributed by atoms with E-state index in [1.165, 1.54) is 0 Å². The Bertz CT molecular complexity index is 901. The van der Waals surface area contributed by atoms with Crippen LogP contribution >= 0.6 is 0 Å². The molecule has 0 atom stereocenters. The molecule has 0 radical (unpaired) electrons. The number of aromatic amines is 1. The summed E-state index contributed by atoms with van der Waals surface area (Å²) in [6.07, 6.45) is 0. The van der Waals surface area contributed by atoms with Crippen LogP contribution in [0.25, 0.3) is 22.2 Å². The van der Waals surface area contributed by atoms with E-state index < -0.39 is 0 Å². The number of carbonyl (C=O) groups excluding carboxylic acids is 1. The lowest BCUT2D eigenvalue weighted by Gasteiger charge is -2.04. The fourth-order valence-electron chi connectivity index (χ4n) is 2.75. The monoisotopic (exact) mass is 309 g/mol. The fourth-order valence-corrected chi connectivity index (χ4v) is 2.75. The van der Waals surface area contributed by atoms with Crippen LogP contribution in [-0.4, -0.2) is 29.4 Å². The third-order valence-corrected chi connectivity index (χ3v) is 3.81. The second-order valence-corrected chi connectivity index (χ2v) is 5.23. The van der Waals surface area contributed by atoms with Gasteiger partial charge < -0.3 is 14.8 Å². The van der Waals surface area contributed by atoms with Crippen molar-refractivity contribution in [2.75, 3.05) is 13.3 Å². The van der Waals surface area contributed by atoms with Gasteiger partial charge in [0.15, 0.2) is 11.5 Å². The SMILES string of the molecule is CCNC(=O)c1ccc2c(-c3cccc4c3OCO4)n[nH]c2c1. The zero-order valence-electron chi connectivity index (χ0n) is 12.6. The lowest BCUT2D eigenvalue weighted by Crippen LogP contribution is -2.22. The number of hydrogen-bond acceptors (Lipinski definition) is 4. The van der Waals surface area contributed by atoms with Crippen molar-refractivity contribution in [1.82, 2.24) is 15.5 Å². The molecule has 4 rings (SSSR count). The number of carbonyl (C=O) groups is 1. The largest absolute Gasteiger partial charge is 0.454 e. The van der Waals surface area contributed by atoms with Gasteiger partial charge in [0, 0.05) is 23.1 Å². The minimum Gasteiger partial charge on any atom is -0.454 e. The quantitative estimate of drug-likeness (QED) is 0.780. The first kappa shape index (κ1) is 13.6. The third-order valence-electron chi connectivity index (χ3n) is 3.81. The molecule has 0 unspecified atom stereocenters.